The standard InChI is InChI=1S/C10H20BNO4/c1-14-9-8(13)7(16-10(9)11)6-12-2-4-15-5-3-12/h7-10,13H,2-6,11H2,1H3/t7-,8?,9?,10-/m1/s1. The monoisotopic (exact) mass is 229 g/mol. The summed E-state index contributed by atoms with van der Waals surface area (Å²) in [4.78, 5) is 2.27. The van der Waals surface area contributed by atoms with E-state index in [9.17, 15) is 5.11 Å². The second-order valence-electron chi connectivity index (χ2n) is 4.48. The first-order chi connectivity index (χ1) is 7.72. The van der Waals surface area contributed by atoms with Gasteiger partial charge in [0, 0.05) is 26.7 Å². The van der Waals surface area contributed by atoms with Crippen molar-refractivity contribution >= 4 is 7.85 Å². The number of nitrogens with zero attached hydrogens (tertiary/aromatic N) is 1. The lowest BCUT2D eigenvalue weighted by atomic mass is 9.93. The van der Waals surface area contributed by atoms with Gasteiger partial charge in [0.1, 0.15) is 20.1 Å². The number of hydrogen-bond donors (Lipinski definition) is 1. The van der Waals surface area contributed by atoms with Crippen molar-refractivity contribution in [2.75, 3.05) is 40.0 Å². The molecule has 0 aromatic carbocycles. The summed E-state index contributed by atoms with van der Waals surface area (Å²) < 4.78 is 16.2. The van der Waals surface area contributed by atoms with Crippen molar-refractivity contribution in [2.24, 2.45) is 0 Å². The van der Waals surface area contributed by atoms with Crippen molar-refractivity contribution in [3.8, 4) is 0 Å². The molecule has 16 heavy (non-hydrogen) atoms. The third-order valence-electron chi connectivity index (χ3n) is 3.38. The van der Waals surface area contributed by atoms with Gasteiger partial charge in [0.05, 0.1) is 25.3 Å². The van der Waals surface area contributed by atoms with Gasteiger partial charge in [-0.25, -0.2) is 0 Å². The summed E-state index contributed by atoms with van der Waals surface area (Å²) in [6.07, 6.45) is -0.869. The lowest BCUT2D eigenvalue weighted by molar-refractivity contribution is -0.0271. The molecular weight excluding hydrogens is 209 g/mol. The minimum atomic E-state index is -0.525. The van der Waals surface area contributed by atoms with Crippen LogP contribution in [0.25, 0.3) is 0 Å². The Morgan fingerprint density at radius 1 is 1.44 bits per heavy atom. The van der Waals surface area contributed by atoms with Gasteiger partial charge in [-0.1, -0.05) is 0 Å². The Kier molecular flexibility index (Phi) is 4.21. The Bertz CT molecular complexity index is 225. The maximum atomic E-state index is 10.0. The molecule has 92 valence electrons. The van der Waals surface area contributed by atoms with Gasteiger partial charge in [-0.05, 0) is 0 Å². The number of hydrogen-bond acceptors (Lipinski definition) is 5. The summed E-state index contributed by atoms with van der Waals surface area (Å²) in [6.45, 7) is 4.13. The highest BCUT2D eigenvalue weighted by Crippen LogP contribution is 2.22. The van der Waals surface area contributed by atoms with E-state index in [2.05, 4.69) is 4.90 Å². The highest BCUT2D eigenvalue weighted by molar-refractivity contribution is 6.11. The molecule has 2 aliphatic rings. The molecule has 2 aliphatic heterocycles. The van der Waals surface area contributed by atoms with Gasteiger partial charge < -0.3 is 19.3 Å². The van der Waals surface area contributed by atoms with E-state index in [1.165, 1.54) is 0 Å². The number of ether oxygens (including phenoxy) is 3. The summed E-state index contributed by atoms with van der Waals surface area (Å²) in [7, 11) is 3.56. The number of methoxy groups -OCH3 is 1. The van der Waals surface area contributed by atoms with Gasteiger partial charge in [-0.15, -0.1) is 0 Å². The van der Waals surface area contributed by atoms with E-state index in [0.29, 0.717) is 0 Å². The fourth-order valence-corrected chi connectivity index (χ4v) is 2.44. The molecule has 2 fully saturated rings. The van der Waals surface area contributed by atoms with Crippen LogP contribution >= 0.6 is 0 Å². The van der Waals surface area contributed by atoms with Crippen LogP contribution < -0.4 is 0 Å². The van der Waals surface area contributed by atoms with E-state index in [1.807, 2.05) is 7.85 Å². The lowest BCUT2D eigenvalue weighted by Crippen LogP contribution is -2.45. The van der Waals surface area contributed by atoms with E-state index in [4.69, 9.17) is 14.2 Å². The largest absolute Gasteiger partial charge is 0.388 e. The van der Waals surface area contributed by atoms with Gasteiger partial charge >= 0.3 is 0 Å². The van der Waals surface area contributed by atoms with Crippen LogP contribution in [-0.2, 0) is 14.2 Å². The van der Waals surface area contributed by atoms with Gasteiger partial charge in [0.15, 0.2) is 0 Å². The van der Waals surface area contributed by atoms with Crippen molar-refractivity contribution in [2.45, 2.75) is 24.3 Å². The summed E-state index contributed by atoms with van der Waals surface area (Å²) in [5.74, 6) is 0. The van der Waals surface area contributed by atoms with Crippen molar-refractivity contribution in [1.82, 2.24) is 4.90 Å². The van der Waals surface area contributed by atoms with Gasteiger partial charge in [0.25, 0.3) is 0 Å². The molecule has 4 atom stereocenters. The van der Waals surface area contributed by atoms with Gasteiger partial charge in [-0.3, -0.25) is 4.90 Å². The molecule has 0 spiro atoms. The lowest BCUT2D eigenvalue weighted by Gasteiger charge is -2.29. The molecule has 2 rings (SSSR count). The highest BCUT2D eigenvalue weighted by atomic mass is 16.6. The number of morpholine rings is 1. The zero-order chi connectivity index (χ0) is 11.5. The summed E-state index contributed by atoms with van der Waals surface area (Å²) in [5.41, 5.74) is 0. The third kappa shape index (κ3) is 2.57. The van der Waals surface area contributed by atoms with Crippen LogP contribution in [0.3, 0.4) is 0 Å². The van der Waals surface area contributed by atoms with Crippen LogP contribution in [-0.4, -0.2) is 82.1 Å². The van der Waals surface area contributed by atoms with Gasteiger partial charge in [-0.2, -0.15) is 0 Å². The maximum Gasteiger partial charge on any atom is 0.142 e. The van der Waals surface area contributed by atoms with Crippen LogP contribution in [0.2, 0.25) is 0 Å². The van der Waals surface area contributed by atoms with Gasteiger partial charge in [0.2, 0.25) is 0 Å². The maximum absolute atomic E-state index is 10.0. The molecule has 0 saturated carbocycles. The molecule has 6 heteroatoms. The molecule has 2 unspecified atom stereocenters. The Hall–Kier alpha value is -0.135. The van der Waals surface area contributed by atoms with Crippen molar-refractivity contribution in [3.63, 3.8) is 0 Å². The normalized spacial score (nSPS) is 41.4. The Balaban J connectivity index is 1.85. The Morgan fingerprint density at radius 2 is 2.12 bits per heavy atom. The second kappa shape index (κ2) is 5.47. The summed E-state index contributed by atoms with van der Waals surface area (Å²) in [6, 6.07) is -0.0361. The van der Waals surface area contributed by atoms with Crippen molar-refractivity contribution < 1.29 is 19.3 Å². The molecule has 1 N–H and O–H groups in total. The minimum absolute atomic E-state index is 0.0361. The number of rotatable bonds is 3. The molecule has 0 amide bonds. The van der Waals surface area contributed by atoms with Crippen molar-refractivity contribution in [1.29, 1.82) is 0 Å². The van der Waals surface area contributed by atoms with E-state index < -0.39 is 6.10 Å². The van der Waals surface area contributed by atoms with Crippen LogP contribution in [0.15, 0.2) is 0 Å². The highest BCUT2D eigenvalue weighted by Gasteiger charge is 2.41. The number of aliphatic hydroxyl groups is 1. The minimum Gasteiger partial charge on any atom is -0.388 e. The third-order valence-corrected chi connectivity index (χ3v) is 3.38. The molecule has 2 heterocycles. The van der Waals surface area contributed by atoms with Crippen LogP contribution in [0, 0.1) is 0 Å². The van der Waals surface area contributed by atoms with Crippen LogP contribution in [0.4, 0.5) is 0 Å². The van der Waals surface area contributed by atoms with E-state index in [0.717, 1.165) is 32.8 Å². The molecule has 0 radical (unpaired) electrons. The van der Waals surface area contributed by atoms with E-state index in [-0.39, 0.29) is 18.2 Å². The smallest absolute Gasteiger partial charge is 0.142 e. The average molecular weight is 229 g/mol. The molecule has 2 saturated heterocycles. The molecule has 5 nitrogen and oxygen atoms in total. The first-order valence-electron chi connectivity index (χ1n) is 5.89. The predicted molar refractivity (Wildman–Crippen MR) is 61.3 cm³/mol. The van der Waals surface area contributed by atoms with E-state index >= 15 is 0 Å². The fraction of sp³-hybridized carbons (Fsp3) is 1.00. The summed E-state index contributed by atoms with van der Waals surface area (Å²) in [5, 5.41) is 10.0. The summed E-state index contributed by atoms with van der Waals surface area (Å²) >= 11 is 0. The zero-order valence-electron chi connectivity index (χ0n) is 9.96. The molecule has 0 aromatic heterocycles. The molecule has 0 aromatic rings. The average Bonchev–Trinajstić information content (AvgIpc) is 2.55. The zero-order valence-corrected chi connectivity index (χ0v) is 9.96. The first kappa shape index (κ1) is 12.3. The van der Waals surface area contributed by atoms with Crippen molar-refractivity contribution in [3.05, 3.63) is 0 Å². The number of aliphatic hydroxyl groups excluding tert-OH is 1. The quantitative estimate of drug-likeness (QED) is 0.570. The topological polar surface area (TPSA) is 51.2 Å². The fourth-order valence-electron chi connectivity index (χ4n) is 2.44. The molecule has 0 aliphatic carbocycles. The SMILES string of the molecule is B[C@@H]1O[C@H](CN2CCOCC2)C(O)C1OC. The van der Waals surface area contributed by atoms with Crippen LogP contribution in [0.1, 0.15) is 0 Å². The Labute approximate surface area is 97.1 Å². The van der Waals surface area contributed by atoms with E-state index in [1.54, 1.807) is 7.11 Å². The first-order valence-corrected chi connectivity index (χ1v) is 5.89. The predicted octanol–water partition coefficient (Wildman–Crippen LogP) is -1.95. The molecular formula is C10H20BNO4. The second-order valence-corrected chi connectivity index (χ2v) is 4.48. The molecule has 0 bridgehead atoms. The Morgan fingerprint density at radius 3 is 2.69 bits per heavy atom. The van der Waals surface area contributed by atoms with Crippen LogP contribution in [0.5, 0.6) is 0 Å².